The van der Waals surface area contributed by atoms with E-state index in [1.807, 2.05) is 37.3 Å². The molecule has 0 aromatic heterocycles. The van der Waals surface area contributed by atoms with Crippen molar-refractivity contribution in [3.05, 3.63) is 59.7 Å². The predicted molar refractivity (Wildman–Crippen MR) is 108 cm³/mol. The average Bonchev–Trinajstić information content (AvgIpc) is 2.65. The summed E-state index contributed by atoms with van der Waals surface area (Å²) in [6, 6.07) is 14.7. The number of benzene rings is 2. The first kappa shape index (κ1) is 20.9. The summed E-state index contributed by atoms with van der Waals surface area (Å²) in [6.07, 6.45) is 0. The molecule has 7 heteroatoms. The van der Waals surface area contributed by atoms with E-state index >= 15 is 0 Å². The Labute approximate surface area is 161 Å². The third-order valence-corrected chi connectivity index (χ3v) is 6.18. The summed E-state index contributed by atoms with van der Waals surface area (Å²) in [4.78, 5) is 13.7. The third kappa shape index (κ3) is 5.30. The van der Waals surface area contributed by atoms with Crippen molar-refractivity contribution in [3.8, 4) is 0 Å². The molecule has 0 bridgehead atoms. The van der Waals surface area contributed by atoms with Gasteiger partial charge in [0, 0.05) is 46.3 Å². The van der Waals surface area contributed by atoms with Gasteiger partial charge in [0.2, 0.25) is 15.9 Å². The van der Waals surface area contributed by atoms with Crippen LogP contribution in [0.25, 0.3) is 0 Å². The van der Waals surface area contributed by atoms with Gasteiger partial charge in [0.25, 0.3) is 0 Å². The first-order valence-electron chi connectivity index (χ1n) is 8.84. The number of hydrogen-bond acceptors (Lipinski definition) is 4. The molecule has 146 valence electrons. The van der Waals surface area contributed by atoms with Gasteiger partial charge in [-0.15, -0.1) is 0 Å². The number of carbonyl (C=O) groups excluding carboxylic acids is 1. The lowest BCUT2D eigenvalue weighted by atomic mass is 10.1. The van der Waals surface area contributed by atoms with E-state index in [0.717, 1.165) is 16.8 Å². The molecule has 1 N–H and O–H groups in total. The molecule has 2 aromatic rings. The number of amides is 1. The van der Waals surface area contributed by atoms with Gasteiger partial charge in [0.05, 0.1) is 4.90 Å². The Hall–Kier alpha value is -2.38. The number of nitrogens with zero attached hydrogens (tertiary/aromatic N) is 2. The highest BCUT2D eigenvalue weighted by Crippen LogP contribution is 2.20. The largest absolute Gasteiger partial charge is 0.381 e. The lowest BCUT2D eigenvalue weighted by Crippen LogP contribution is -2.28. The molecular weight excluding hydrogens is 362 g/mol. The summed E-state index contributed by atoms with van der Waals surface area (Å²) in [5, 5.41) is 3.36. The second-order valence-corrected chi connectivity index (χ2v) is 8.63. The van der Waals surface area contributed by atoms with Crippen LogP contribution in [0.1, 0.15) is 25.0 Å². The number of rotatable bonds is 8. The molecule has 2 aromatic carbocycles. The Kier molecular flexibility index (Phi) is 6.98. The Morgan fingerprint density at radius 2 is 1.78 bits per heavy atom. The number of sulfonamides is 1. The molecule has 0 radical (unpaired) electrons. The summed E-state index contributed by atoms with van der Waals surface area (Å²) in [7, 11) is -0.420. The fraction of sp³-hybridized carbons (Fsp3) is 0.350. The van der Waals surface area contributed by atoms with Crippen LogP contribution >= 0.6 is 0 Å². The maximum absolute atomic E-state index is 12.3. The molecule has 0 aliphatic carbocycles. The highest BCUT2D eigenvalue weighted by atomic mass is 32.2. The summed E-state index contributed by atoms with van der Waals surface area (Å²) >= 11 is 0. The lowest BCUT2D eigenvalue weighted by molar-refractivity contribution is -0.129. The van der Waals surface area contributed by atoms with Crippen LogP contribution in [0.15, 0.2) is 53.4 Å². The van der Waals surface area contributed by atoms with Gasteiger partial charge in [-0.3, -0.25) is 4.79 Å². The Morgan fingerprint density at radius 3 is 2.41 bits per heavy atom. The molecular formula is C20H27N3O3S. The minimum absolute atomic E-state index is 0.0360. The molecule has 2 rings (SSSR count). The van der Waals surface area contributed by atoms with Gasteiger partial charge in [-0.05, 0) is 36.2 Å². The summed E-state index contributed by atoms with van der Waals surface area (Å²) in [5.41, 5.74) is 2.82. The van der Waals surface area contributed by atoms with Crippen LogP contribution in [0, 0.1) is 0 Å². The first-order chi connectivity index (χ1) is 12.8. The highest BCUT2D eigenvalue weighted by molar-refractivity contribution is 7.89. The van der Waals surface area contributed by atoms with Crippen LogP contribution in [0.2, 0.25) is 0 Å². The predicted octanol–water partition coefficient (Wildman–Crippen LogP) is 2.92. The van der Waals surface area contributed by atoms with Gasteiger partial charge < -0.3 is 10.2 Å². The number of para-hydroxylation sites is 1. The maximum atomic E-state index is 12.3. The summed E-state index contributed by atoms with van der Waals surface area (Å²) < 4.78 is 25.8. The van der Waals surface area contributed by atoms with Crippen molar-refractivity contribution in [1.29, 1.82) is 0 Å². The van der Waals surface area contributed by atoms with Gasteiger partial charge in [0.15, 0.2) is 0 Å². The minimum Gasteiger partial charge on any atom is -0.381 e. The normalized spacial score (nSPS) is 11.4. The smallest absolute Gasteiger partial charge is 0.242 e. The van der Waals surface area contributed by atoms with Crippen LogP contribution in [-0.4, -0.2) is 44.2 Å². The Morgan fingerprint density at radius 1 is 1.07 bits per heavy atom. The zero-order chi connectivity index (χ0) is 20.0. The van der Waals surface area contributed by atoms with Crippen molar-refractivity contribution in [1.82, 2.24) is 9.21 Å². The van der Waals surface area contributed by atoms with E-state index in [2.05, 4.69) is 5.32 Å². The Bertz CT molecular complexity index is 895. The standard InChI is InChI=1S/C20H27N3O3S/c1-5-23(16(2)24)15-18-10-6-7-12-20(18)21-14-17-9-8-11-19(13-17)27(25,26)22(3)4/h6-13,21H,5,14-15H2,1-4H3. The lowest BCUT2D eigenvalue weighted by Gasteiger charge is -2.21. The van der Waals surface area contributed by atoms with Crippen LogP contribution in [0.4, 0.5) is 5.69 Å². The van der Waals surface area contributed by atoms with E-state index in [0.29, 0.717) is 19.6 Å². The van der Waals surface area contributed by atoms with Crippen molar-refractivity contribution < 1.29 is 13.2 Å². The first-order valence-corrected chi connectivity index (χ1v) is 10.3. The molecule has 0 spiro atoms. The number of hydrogen-bond donors (Lipinski definition) is 1. The third-order valence-electron chi connectivity index (χ3n) is 4.37. The average molecular weight is 390 g/mol. The quantitative estimate of drug-likeness (QED) is 0.754. The van der Waals surface area contributed by atoms with E-state index in [1.165, 1.54) is 18.4 Å². The van der Waals surface area contributed by atoms with Crippen LogP contribution in [-0.2, 0) is 27.9 Å². The Balaban J connectivity index is 2.17. The molecule has 0 heterocycles. The summed E-state index contributed by atoms with van der Waals surface area (Å²) in [6.45, 7) is 5.18. The highest BCUT2D eigenvalue weighted by Gasteiger charge is 2.17. The van der Waals surface area contributed by atoms with Crippen LogP contribution in [0.3, 0.4) is 0 Å². The number of anilines is 1. The van der Waals surface area contributed by atoms with E-state index in [1.54, 1.807) is 30.0 Å². The van der Waals surface area contributed by atoms with Gasteiger partial charge in [-0.2, -0.15) is 0 Å². The second-order valence-electron chi connectivity index (χ2n) is 6.48. The minimum atomic E-state index is -3.46. The molecule has 0 aliphatic heterocycles. The van der Waals surface area contributed by atoms with Gasteiger partial charge in [-0.25, -0.2) is 12.7 Å². The SMILES string of the molecule is CCN(Cc1ccccc1NCc1cccc(S(=O)(=O)N(C)C)c1)C(C)=O. The van der Waals surface area contributed by atoms with Crippen molar-refractivity contribution in [2.24, 2.45) is 0 Å². The topological polar surface area (TPSA) is 69.7 Å². The molecule has 6 nitrogen and oxygen atoms in total. The van der Waals surface area contributed by atoms with Crippen LogP contribution < -0.4 is 5.32 Å². The molecule has 0 saturated carbocycles. The van der Waals surface area contributed by atoms with Crippen molar-refractivity contribution in [2.45, 2.75) is 31.8 Å². The summed E-state index contributed by atoms with van der Waals surface area (Å²) in [5.74, 6) is 0.0360. The molecule has 0 aliphatic rings. The zero-order valence-electron chi connectivity index (χ0n) is 16.3. The van der Waals surface area contributed by atoms with Crippen molar-refractivity contribution >= 4 is 21.6 Å². The van der Waals surface area contributed by atoms with Crippen LogP contribution in [0.5, 0.6) is 0 Å². The monoisotopic (exact) mass is 389 g/mol. The van der Waals surface area contributed by atoms with Crippen molar-refractivity contribution in [2.75, 3.05) is 26.0 Å². The molecule has 0 fully saturated rings. The van der Waals surface area contributed by atoms with Gasteiger partial charge in [-0.1, -0.05) is 30.3 Å². The fourth-order valence-corrected chi connectivity index (χ4v) is 3.68. The van der Waals surface area contributed by atoms with E-state index in [-0.39, 0.29) is 10.8 Å². The fourth-order valence-electron chi connectivity index (χ4n) is 2.71. The number of carbonyl (C=O) groups is 1. The second kappa shape index (κ2) is 9.01. The molecule has 27 heavy (non-hydrogen) atoms. The molecule has 1 amide bonds. The van der Waals surface area contributed by atoms with E-state index in [4.69, 9.17) is 0 Å². The molecule has 0 saturated heterocycles. The molecule has 0 unspecified atom stereocenters. The van der Waals surface area contributed by atoms with E-state index in [9.17, 15) is 13.2 Å². The zero-order valence-corrected chi connectivity index (χ0v) is 17.1. The van der Waals surface area contributed by atoms with Crippen molar-refractivity contribution in [3.63, 3.8) is 0 Å². The number of nitrogens with one attached hydrogen (secondary N) is 1. The van der Waals surface area contributed by atoms with Gasteiger partial charge in [0.1, 0.15) is 0 Å². The maximum Gasteiger partial charge on any atom is 0.242 e. The molecule has 0 atom stereocenters. The van der Waals surface area contributed by atoms with E-state index < -0.39 is 10.0 Å². The van der Waals surface area contributed by atoms with Gasteiger partial charge >= 0.3 is 0 Å².